The summed E-state index contributed by atoms with van der Waals surface area (Å²) in [7, 11) is 0. The van der Waals surface area contributed by atoms with Gasteiger partial charge in [0.2, 0.25) is 0 Å². The Bertz CT molecular complexity index is 825. The summed E-state index contributed by atoms with van der Waals surface area (Å²) in [6.07, 6.45) is -0.689. The monoisotopic (exact) mass is 351 g/mol. The highest BCUT2D eigenvalue weighted by Crippen LogP contribution is 2.17. The van der Waals surface area contributed by atoms with Gasteiger partial charge in [-0.3, -0.25) is 5.10 Å². The number of carbonyl (C=O) groups excluding carboxylic acids is 2. The zero-order chi connectivity index (χ0) is 18.6. The third kappa shape index (κ3) is 5.16. The van der Waals surface area contributed by atoms with E-state index in [1.54, 1.807) is 20.8 Å². The molecule has 10 heteroatoms. The molecule has 1 heterocycles. The molecule has 0 atom stereocenters. The van der Waals surface area contributed by atoms with Crippen molar-refractivity contribution in [1.29, 1.82) is 0 Å². The molecule has 0 aliphatic heterocycles. The van der Waals surface area contributed by atoms with E-state index in [-0.39, 0.29) is 23.5 Å². The lowest BCUT2D eigenvalue weighted by molar-refractivity contribution is 0.0510. The maximum atomic E-state index is 13.3. The van der Waals surface area contributed by atoms with Crippen molar-refractivity contribution in [2.75, 3.05) is 6.54 Å². The number of amides is 1. The maximum absolute atomic E-state index is 13.3. The van der Waals surface area contributed by atoms with E-state index in [4.69, 9.17) is 10.5 Å². The molecule has 0 saturated heterocycles. The standard InChI is InChI=1S/C15H18FN5O4/c1-15(2,3)24-14(23)18-7-11(17)21-25-13(22)12-9-6-8(16)4-5-10(9)19-20-12/h4-6H,7H2,1-3H3,(H2,17,21)(H,18,23)(H,19,20). The predicted octanol–water partition coefficient (Wildman–Crippen LogP) is 1.66. The van der Waals surface area contributed by atoms with Crippen LogP contribution in [0.25, 0.3) is 10.9 Å². The highest BCUT2D eigenvalue weighted by Gasteiger charge is 2.18. The maximum Gasteiger partial charge on any atom is 0.408 e. The van der Waals surface area contributed by atoms with Crippen LogP contribution in [0.4, 0.5) is 9.18 Å². The molecule has 0 aliphatic rings. The van der Waals surface area contributed by atoms with E-state index in [0.29, 0.717) is 5.52 Å². The van der Waals surface area contributed by atoms with Crippen molar-refractivity contribution in [3.05, 3.63) is 29.7 Å². The topological polar surface area (TPSA) is 132 Å². The Hall–Kier alpha value is -3.17. The number of hydrogen-bond donors (Lipinski definition) is 3. The largest absolute Gasteiger partial charge is 0.444 e. The Labute approximate surface area is 142 Å². The summed E-state index contributed by atoms with van der Waals surface area (Å²) in [5.41, 5.74) is 5.22. The van der Waals surface area contributed by atoms with Crippen LogP contribution in [-0.2, 0) is 9.57 Å². The molecule has 0 aliphatic carbocycles. The van der Waals surface area contributed by atoms with Crippen LogP contribution in [0.15, 0.2) is 23.4 Å². The van der Waals surface area contributed by atoms with Crippen LogP contribution in [0.2, 0.25) is 0 Å². The van der Waals surface area contributed by atoms with E-state index in [0.717, 1.165) is 6.07 Å². The molecular weight excluding hydrogens is 333 g/mol. The van der Waals surface area contributed by atoms with Gasteiger partial charge in [0, 0.05) is 5.39 Å². The number of nitrogens with one attached hydrogen (secondary N) is 2. The average Bonchev–Trinajstić information content (AvgIpc) is 2.92. The van der Waals surface area contributed by atoms with Gasteiger partial charge in [-0.15, -0.1) is 0 Å². The molecule has 0 radical (unpaired) electrons. The second kappa shape index (κ2) is 7.16. The summed E-state index contributed by atoms with van der Waals surface area (Å²) in [6, 6.07) is 3.82. The molecule has 2 aromatic rings. The van der Waals surface area contributed by atoms with Gasteiger partial charge in [-0.1, -0.05) is 5.16 Å². The number of ether oxygens (including phenoxy) is 1. The highest BCUT2D eigenvalue weighted by molar-refractivity contribution is 6.02. The summed E-state index contributed by atoms with van der Waals surface area (Å²) in [4.78, 5) is 28.1. The van der Waals surface area contributed by atoms with Crippen molar-refractivity contribution in [2.45, 2.75) is 26.4 Å². The third-order valence-corrected chi connectivity index (χ3v) is 2.78. The van der Waals surface area contributed by atoms with Crippen LogP contribution in [0.1, 0.15) is 31.3 Å². The quantitative estimate of drug-likeness (QED) is 0.332. The van der Waals surface area contributed by atoms with Crippen LogP contribution >= 0.6 is 0 Å². The van der Waals surface area contributed by atoms with Crippen molar-refractivity contribution in [3.8, 4) is 0 Å². The number of aromatic nitrogens is 2. The molecule has 25 heavy (non-hydrogen) atoms. The lowest BCUT2D eigenvalue weighted by atomic mass is 10.2. The van der Waals surface area contributed by atoms with Crippen LogP contribution < -0.4 is 11.1 Å². The van der Waals surface area contributed by atoms with Crippen molar-refractivity contribution in [3.63, 3.8) is 0 Å². The first-order chi connectivity index (χ1) is 11.7. The molecule has 2 rings (SSSR count). The number of benzene rings is 1. The van der Waals surface area contributed by atoms with E-state index in [1.165, 1.54) is 12.1 Å². The first-order valence-electron chi connectivity index (χ1n) is 7.30. The van der Waals surface area contributed by atoms with Crippen LogP contribution in [0.5, 0.6) is 0 Å². The van der Waals surface area contributed by atoms with Crippen LogP contribution in [0.3, 0.4) is 0 Å². The van der Waals surface area contributed by atoms with Crippen LogP contribution in [-0.4, -0.2) is 40.2 Å². The number of H-pyrrole nitrogens is 1. The summed E-state index contributed by atoms with van der Waals surface area (Å²) in [5.74, 6) is -1.60. The van der Waals surface area contributed by atoms with Gasteiger partial charge in [0.25, 0.3) is 0 Å². The van der Waals surface area contributed by atoms with Crippen LogP contribution in [0, 0.1) is 5.82 Å². The Morgan fingerprint density at radius 3 is 2.80 bits per heavy atom. The molecule has 1 aromatic heterocycles. The molecule has 0 spiro atoms. The normalized spacial score (nSPS) is 12.1. The van der Waals surface area contributed by atoms with Crippen molar-refractivity contribution >= 4 is 28.8 Å². The number of hydrogen-bond acceptors (Lipinski definition) is 6. The van der Waals surface area contributed by atoms with E-state index < -0.39 is 23.5 Å². The zero-order valence-electron chi connectivity index (χ0n) is 13.9. The molecule has 9 nitrogen and oxygen atoms in total. The number of amidine groups is 1. The average molecular weight is 351 g/mol. The SMILES string of the molecule is CC(C)(C)OC(=O)NCC(N)=NOC(=O)c1n[nH]c2ccc(F)cc12. The van der Waals surface area contributed by atoms with Crippen molar-refractivity contribution in [2.24, 2.45) is 10.9 Å². The molecule has 0 unspecified atom stereocenters. The second-order valence-corrected chi connectivity index (χ2v) is 6.08. The molecule has 0 fully saturated rings. The first-order valence-corrected chi connectivity index (χ1v) is 7.30. The molecule has 134 valence electrons. The van der Waals surface area contributed by atoms with Gasteiger partial charge in [-0.2, -0.15) is 5.10 Å². The van der Waals surface area contributed by atoms with Crippen molar-refractivity contribution < 1.29 is 23.6 Å². The summed E-state index contributed by atoms with van der Waals surface area (Å²) in [5, 5.41) is 12.4. The second-order valence-electron chi connectivity index (χ2n) is 6.08. The van der Waals surface area contributed by atoms with Gasteiger partial charge in [0.05, 0.1) is 12.1 Å². The highest BCUT2D eigenvalue weighted by atomic mass is 19.1. The number of carbonyl (C=O) groups is 2. The molecule has 0 saturated carbocycles. The first kappa shape index (κ1) is 18.2. The molecule has 4 N–H and O–H groups in total. The Morgan fingerprint density at radius 1 is 1.40 bits per heavy atom. The van der Waals surface area contributed by atoms with Crippen molar-refractivity contribution in [1.82, 2.24) is 15.5 Å². The minimum atomic E-state index is -0.919. The smallest absolute Gasteiger partial charge is 0.408 e. The van der Waals surface area contributed by atoms with E-state index in [1.807, 2.05) is 0 Å². The van der Waals surface area contributed by atoms with Gasteiger partial charge in [0.15, 0.2) is 11.5 Å². The van der Waals surface area contributed by atoms with Gasteiger partial charge in [-0.25, -0.2) is 14.0 Å². The summed E-state index contributed by atoms with van der Waals surface area (Å²) in [6.45, 7) is 4.95. The number of alkyl carbamates (subject to hydrolysis) is 1. The van der Waals surface area contributed by atoms with Gasteiger partial charge in [-0.05, 0) is 39.0 Å². The Kier molecular flexibility index (Phi) is 5.20. The number of oxime groups is 1. The minimum absolute atomic E-state index is 0.133. The predicted molar refractivity (Wildman–Crippen MR) is 87.3 cm³/mol. The van der Waals surface area contributed by atoms with Gasteiger partial charge < -0.3 is 20.6 Å². The lowest BCUT2D eigenvalue weighted by Crippen LogP contribution is -2.37. The van der Waals surface area contributed by atoms with E-state index >= 15 is 0 Å². The minimum Gasteiger partial charge on any atom is -0.444 e. The Morgan fingerprint density at radius 2 is 2.12 bits per heavy atom. The van der Waals surface area contributed by atoms with E-state index in [9.17, 15) is 14.0 Å². The zero-order valence-corrected chi connectivity index (χ0v) is 13.9. The lowest BCUT2D eigenvalue weighted by Gasteiger charge is -2.19. The number of fused-ring (bicyclic) bond motifs is 1. The fourth-order valence-corrected chi connectivity index (χ4v) is 1.79. The van der Waals surface area contributed by atoms with Gasteiger partial charge >= 0.3 is 12.1 Å². The van der Waals surface area contributed by atoms with Gasteiger partial charge in [0.1, 0.15) is 11.4 Å². The molecule has 1 aromatic carbocycles. The fourth-order valence-electron chi connectivity index (χ4n) is 1.79. The third-order valence-electron chi connectivity index (χ3n) is 2.78. The number of nitrogens with zero attached hydrogens (tertiary/aromatic N) is 2. The fraction of sp³-hybridized carbons (Fsp3) is 0.333. The number of rotatable bonds is 4. The number of nitrogens with two attached hydrogens (primary N) is 1. The van der Waals surface area contributed by atoms with E-state index in [2.05, 4.69) is 25.5 Å². The number of aromatic amines is 1. The molecule has 0 bridgehead atoms. The summed E-state index contributed by atoms with van der Waals surface area (Å²) >= 11 is 0. The number of halogens is 1. The molecular formula is C15H18FN5O4. The molecule has 1 amide bonds. The summed E-state index contributed by atoms with van der Waals surface area (Å²) < 4.78 is 18.3. The Balaban J connectivity index is 1.94.